The SMILES string of the molecule is CC[CH2][Al]([CH2]CC)[O]C(CC)Oc1ccccc1. The molecule has 0 amide bonds. The van der Waals surface area contributed by atoms with Crippen molar-refractivity contribution in [3.8, 4) is 5.75 Å². The van der Waals surface area contributed by atoms with E-state index in [-0.39, 0.29) is 6.29 Å². The highest BCUT2D eigenvalue weighted by Gasteiger charge is 2.22. The predicted molar refractivity (Wildman–Crippen MR) is 78.2 cm³/mol. The molecule has 0 fully saturated rings. The predicted octanol–water partition coefficient (Wildman–Crippen LogP) is 4.63. The maximum atomic E-state index is 6.20. The third-order valence-corrected chi connectivity index (χ3v) is 6.04. The molecule has 0 aromatic heterocycles. The Kier molecular flexibility index (Phi) is 8.17. The van der Waals surface area contributed by atoms with E-state index < -0.39 is 14.5 Å². The average Bonchev–Trinajstić information content (AvgIpc) is 2.39. The fourth-order valence-corrected chi connectivity index (χ4v) is 4.52. The van der Waals surface area contributed by atoms with E-state index in [1.54, 1.807) is 0 Å². The highest BCUT2D eigenvalue weighted by Crippen LogP contribution is 2.16. The Hall–Kier alpha value is -0.488. The second-order valence-corrected chi connectivity index (χ2v) is 7.28. The number of ether oxygens (including phenoxy) is 1. The molecule has 0 saturated carbocycles. The van der Waals surface area contributed by atoms with Crippen LogP contribution in [0.3, 0.4) is 0 Å². The van der Waals surface area contributed by atoms with Crippen molar-refractivity contribution in [1.82, 2.24) is 0 Å². The lowest BCUT2D eigenvalue weighted by molar-refractivity contribution is -0.000215. The van der Waals surface area contributed by atoms with Crippen molar-refractivity contribution in [2.45, 2.75) is 56.9 Å². The summed E-state index contributed by atoms with van der Waals surface area (Å²) < 4.78 is 12.1. The van der Waals surface area contributed by atoms with Gasteiger partial charge in [-0.2, -0.15) is 0 Å². The maximum absolute atomic E-state index is 6.20. The van der Waals surface area contributed by atoms with E-state index >= 15 is 0 Å². The molecule has 1 rings (SSSR count). The second kappa shape index (κ2) is 9.44. The Morgan fingerprint density at radius 2 is 1.61 bits per heavy atom. The van der Waals surface area contributed by atoms with Crippen molar-refractivity contribution in [1.29, 1.82) is 0 Å². The molecule has 0 radical (unpaired) electrons. The first-order chi connectivity index (χ1) is 8.80. The molecular formula is C15H25AlO2. The lowest BCUT2D eigenvalue weighted by atomic mass is 10.3. The maximum Gasteiger partial charge on any atom is 0.463 e. The normalized spacial score (nSPS) is 12.2. The van der Waals surface area contributed by atoms with Crippen LogP contribution in [-0.2, 0) is 3.79 Å². The molecule has 2 nitrogen and oxygen atoms in total. The lowest BCUT2D eigenvalue weighted by Gasteiger charge is -2.22. The Morgan fingerprint density at radius 3 is 2.11 bits per heavy atom. The average molecular weight is 264 g/mol. The van der Waals surface area contributed by atoms with Crippen LogP contribution in [0.5, 0.6) is 5.75 Å². The van der Waals surface area contributed by atoms with Gasteiger partial charge < -0.3 is 8.53 Å². The van der Waals surface area contributed by atoms with Gasteiger partial charge in [0.05, 0.1) is 0 Å². The summed E-state index contributed by atoms with van der Waals surface area (Å²) in [6.45, 7) is 6.59. The molecule has 0 aliphatic carbocycles. The van der Waals surface area contributed by atoms with Gasteiger partial charge in [-0.25, -0.2) is 0 Å². The number of hydrogen-bond donors (Lipinski definition) is 0. The van der Waals surface area contributed by atoms with E-state index in [1.165, 1.54) is 23.4 Å². The smallest absolute Gasteiger partial charge is 0.463 e. The summed E-state index contributed by atoms with van der Waals surface area (Å²) in [6, 6.07) is 9.97. The van der Waals surface area contributed by atoms with Crippen molar-refractivity contribution in [2.24, 2.45) is 0 Å². The van der Waals surface area contributed by atoms with Crippen LogP contribution in [0.4, 0.5) is 0 Å². The third kappa shape index (κ3) is 5.91. The minimum Gasteiger partial charge on any atom is -0.469 e. The van der Waals surface area contributed by atoms with Crippen LogP contribution < -0.4 is 4.74 Å². The second-order valence-electron chi connectivity index (χ2n) is 4.60. The van der Waals surface area contributed by atoms with Gasteiger partial charge in [-0.05, 0) is 12.1 Å². The fourth-order valence-electron chi connectivity index (χ4n) is 2.00. The largest absolute Gasteiger partial charge is 0.469 e. The van der Waals surface area contributed by atoms with Gasteiger partial charge >= 0.3 is 14.5 Å². The van der Waals surface area contributed by atoms with Crippen molar-refractivity contribution >= 4 is 14.5 Å². The van der Waals surface area contributed by atoms with Crippen LogP contribution in [0.2, 0.25) is 10.6 Å². The number of hydrogen-bond acceptors (Lipinski definition) is 2. The first-order valence-corrected chi connectivity index (χ1v) is 9.27. The van der Waals surface area contributed by atoms with Crippen LogP contribution in [0.1, 0.15) is 40.0 Å². The van der Waals surface area contributed by atoms with Gasteiger partial charge in [0.15, 0.2) is 6.29 Å². The number of rotatable bonds is 9. The summed E-state index contributed by atoms with van der Waals surface area (Å²) in [5.41, 5.74) is 0. The molecule has 0 N–H and O–H groups in total. The molecule has 1 atom stereocenters. The summed E-state index contributed by atoms with van der Waals surface area (Å²) in [4.78, 5) is 0. The number of para-hydroxylation sites is 1. The monoisotopic (exact) mass is 264 g/mol. The molecule has 18 heavy (non-hydrogen) atoms. The van der Waals surface area contributed by atoms with Crippen LogP contribution in [0.25, 0.3) is 0 Å². The quantitative estimate of drug-likeness (QED) is 0.478. The molecule has 0 saturated heterocycles. The van der Waals surface area contributed by atoms with Crippen LogP contribution in [-0.4, -0.2) is 20.8 Å². The molecule has 1 aromatic rings. The number of benzene rings is 1. The summed E-state index contributed by atoms with van der Waals surface area (Å²) in [5, 5.41) is 2.50. The molecule has 1 aromatic carbocycles. The van der Waals surface area contributed by atoms with Crippen molar-refractivity contribution < 1.29 is 8.53 Å². The fraction of sp³-hybridized carbons (Fsp3) is 0.600. The van der Waals surface area contributed by atoms with Gasteiger partial charge in [-0.3, -0.25) is 0 Å². The standard InChI is InChI=1S/C9H11O2.2C3H7.Al/c1-2-9(10)11-8-6-4-3-5-7-8;2*1-3-2;/h3-7,9H,2H2,1H3;2*1,3H2,2H3;/q-1;;;+1. The molecule has 0 bridgehead atoms. The third-order valence-electron chi connectivity index (χ3n) is 2.91. The van der Waals surface area contributed by atoms with E-state index in [0.717, 1.165) is 12.2 Å². The van der Waals surface area contributed by atoms with E-state index in [2.05, 4.69) is 20.8 Å². The van der Waals surface area contributed by atoms with Crippen molar-refractivity contribution in [3.05, 3.63) is 30.3 Å². The van der Waals surface area contributed by atoms with Gasteiger partial charge in [0.2, 0.25) is 0 Å². The van der Waals surface area contributed by atoms with E-state index in [4.69, 9.17) is 8.53 Å². The van der Waals surface area contributed by atoms with Crippen LogP contribution in [0.15, 0.2) is 30.3 Å². The zero-order chi connectivity index (χ0) is 13.2. The molecule has 1 unspecified atom stereocenters. The first-order valence-electron chi connectivity index (χ1n) is 7.17. The summed E-state index contributed by atoms with van der Waals surface area (Å²) in [5.74, 6) is 0.907. The summed E-state index contributed by atoms with van der Waals surface area (Å²) in [6.07, 6.45) is 3.28. The molecule has 100 valence electrons. The topological polar surface area (TPSA) is 18.5 Å². The Morgan fingerprint density at radius 1 is 1.00 bits per heavy atom. The van der Waals surface area contributed by atoms with Gasteiger partial charge in [-0.15, -0.1) is 0 Å². The van der Waals surface area contributed by atoms with Gasteiger partial charge in [0.25, 0.3) is 0 Å². The van der Waals surface area contributed by atoms with Crippen molar-refractivity contribution in [2.75, 3.05) is 0 Å². The molecule has 0 aliphatic rings. The van der Waals surface area contributed by atoms with Crippen molar-refractivity contribution in [3.63, 3.8) is 0 Å². The highest BCUT2D eigenvalue weighted by molar-refractivity contribution is 6.51. The van der Waals surface area contributed by atoms with Gasteiger partial charge in [-0.1, -0.05) is 62.4 Å². The highest BCUT2D eigenvalue weighted by atomic mass is 27.2. The van der Waals surface area contributed by atoms with Crippen LogP contribution >= 0.6 is 0 Å². The van der Waals surface area contributed by atoms with E-state index in [1.807, 2.05) is 30.3 Å². The molecule has 0 heterocycles. The Bertz CT molecular complexity index is 297. The first kappa shape index (κ1) is 15.6. The zero-order valence-electron chi connectivity index (χ0n) is 11.9. The summed E-state index contributed by atoms with van der Waals surface area (Å²) >= 11 is -1.08. The van der Waals surface area contributed by atoms with E-state index in [0.29, 0.717) is 0 Å². The minimum atomic E-state index is -1.08. The summed E-state index contributed by atoms with van der Waals surface area (Å²) in [7, 11) is 0. The van der Waals surface area contributed by atoms with E-state index in [9.17, 15) is 0 Å². The lowest BCUT2D eigenvalue weighted by Crippen LogP contribution is -2.29. The Labute approximate surface area is 116 Å². The minimum absolute atomic E-state index is 0.0674. The molecular weight excluding hydrogens is 239 g/mol. The molecule has 3 heteroatoms. The van der Waals surface area contributed by atoms with Gasteiger partial charge in [0.1, 0.15) is 5.75 Å². The Balaban J connectivity index is 2.49. The molecule has 0 aliphatic heterocycles. The van der Waals surface area contributed by atoms with Gasteiger partial charge in [0, 0.05) is 6.42 Å². The molecule has 0 spiro atoms. The zero-order valence-corrected chi connectivity index (χ0v) is 13.0. The van der Waals surface area contributed by atoms with Crippen LogP contribution in [0, 0.1) is 0 Å².